The smallest absolute Gasteiger partial charge is 0.416 e. The zero-order chi connectivity index (χ0) is 18.1. The van der Waals surface area contributed by atoms with Gasteiger partial charge in [0.05, 0.1) is 12.1 Å². The highest BCUT2D eigenvalue weighted by Gasteiger charge is 2.30. The summed E-state index contributed by atoms with van der Waals surface area (Å²) in [5.41, 5.74) is 2.43. The maximum absolute atomic E-state index is 12.6. The number of benzene rings is 2. The Balaban J connectivity index is 1.45. The number of fused-ring (bicyclic) bond motifs is 1. The predicted octanol–water partition coefficient (Wildman–Crippen LogP) is 4.31. The number of rotatable bonds is 3. The number of halogens is 3. The Bertz CT molecular complexity index is 903. The molecule has 0 atom stereocenters. The van der Waals surface area contributed by atoms with E-state index < -0.39 is 11.7 Å². The minimum atomic E-state index is -4.36. The lowest BCUT2D eigenvalue weighted by molar-refractivity contribution is -0.137. The van der Waals surface area contributed by atoms with Crippen molar-refractivity contribution in [2.24, 2.45) is 0 Å². The van der Waals surface area contributed by atoms with Crippen LogP contribution in [0.3, 0.4) is 0 Å². The van der Waals surface area contributed by atoms with Crippen LogP contribution in [0.2, 0.25) is 0 Å². The highest BCUT2D eigenvalue weighted by Crippen LogP contribution is 2.30. The molecular weight excluding hydrogens is 343 g/mol. The van der Waals surface area contributed by atoms with Crippen LogP contribution in [0, 0.1) is 0 Å². The van der Waals surface area contributed by atoms with Crippen LogP contribution in [0.15, 0.2) is 52.9 Å². The molecule has 0 saturated heterocycles. The number of hydrogen-bond donors (Lipinski definition) is 0. The fourth-order valence-electron chi connectivity index (χ4n) is 3.12. The molecule has 1 aliphatic heterocycles. The fraction of sp³-hybridized carbons (Fsp3) is 0.263. The molecule has 1 aliphatic rings. The summed E-state index contributed by atoms with van der Waals surface area (Å²) in [7, 11) is 0. The van der Waals surface area contributed by atoms with Gasteiger partial charge in [0.15, 0.2) is 0 Å². The lowest BCUT2D eigenvalue weighted by atomic mass is 10.00. The first kappa shape index (κ1) is 16.8. The summed E-state index contributed by atoms with van der Waals surface area (Å²) < 4.78 is 43.5. The van der Waals surface area contributed by atoms with Crippen molar-refractivity contribution in [1.29, 1.82) is 0 Å². The van der Waals surface area contributed by atoms with E-state index in [1.165, 1.54) is 23.3 Å². The van der Waals surface area contributed by atoms with Crippen LogP contribution < -0.4 is 0 Å². The largest absolute Gasteiger partial charge is 0.419 e. The topological polar surface area (TPSA) is 42.2 Å². The number of hydrogen-bond acceptors (Lipinski definition) is 4. The van der Waals surface area contributed by atoms with Crippen LogP contribution in [0.1, 0.15) is 22.6 Å². The van der Waals surface area contributed by atoms with Crippen LogP contribution in [0.5, 0.6) is 0 Å². The first-order valence-corrected chi connectivity index (χ1v) is 8.28. The second-order valence-corrected chi connectivity index (χ2v) is 6.31. The van der Waals surface area contributed by atoms with Crippen molar-refractivity contribution < 1.29 is 17.6 Å². The highest BCUT2D eigenvalue weighted by atomic mass is 19.4. The second kappa shape index (κ2) is 6.57. The Morgan fingerprint density at radius 3 is 2.42 bits per heavy atom. The van der Waals surface area contributed by atoms with E-state index in [0.29, 0.717) is 18.0 Å². The summed E-state index contributed by atoms with van der Waals surface area (Å²) in [6.07, 6.45) is -3.39. The highest BCUT2D eigenvalue weighted by molar-refractivity contribution is 5.53. The Morgan fingerprint density at radius 2 is 1.69 bits per heavy atom. The van der Waals surface area contributed by atoms with E-state index in [-0.39, 0.29) is 5.89 Å². The molecular formula is C19H16F3N3O. The number of alkyl halides is 3. The summed E-state index contributed by atoms with van der Waals surface area (Å²) in [6, 6.07) is 13.0. The van der Waals surface area contributed by atoms with Crippen molar-refractivity contribution in [2.45, 2.75) is 25.7 Å². The average molecular weight is 359 g/mol. The third-order valence-corrected chi connectivity index (χ3v) is 4.49. The van der Waals surface area contributed by atoms with Gasteiger partial charge in [0.2, 0.25) is 11.8 Å². The van der Waals surface area contributed by atoms with Crippen LogP contribution in [0.4, 0.5) is 13.2 Å². The molecule has 3 aromatic rings. The van der Waals surface area contributed by atoms with E-state index in [1.54, 1.807) is 0 Å². The summed E-state index contributed by atoms with van der Waals surface area (Å²) in [4.78, 5) is 2.21. The van der Waals surface area contributed by atoms with Gasteiger partial charge >= 0.3 is 6.18 Å². The number of nitrogens with zero attached hydrogens (tertiary/aromatic N) is 3. The minimum Gasteiger partial charge on any atom is -0.419 e. The van der Waals surface area contributed by atoms with Crippen molar-refractivity contribution in [3.63, 3.8) is 0 Å². The third-order valence-electron chi connectivity index (χ3n) is 4.49. The molecule has 4 rings (SSSR count). The zero-order valence-corrected chi connectivity index (χ0v) is 13.8. The van der Waals surface area contributed by atoms with Crippen molar-refractivity contribution in [3.8, 4) is 11.5 Å². The Kier molecular flexibility index (Phi) is 4.24. The lowest BCUT2D eigenvalue weighted by Crippen LogP contribution is -2.30. The normalized spacial score (nSPS) is 15.0. The zero-order valence-electron chi connectivity index (χ0n) is 13.8. The molecule has 0 N–H and O–H groups in total. The molecule has 7 heteroatoms. The molecule has 2 aromatic carbocycles. The van der Waals surface area contributed by atoms with E-state index in [2.05, 4.69) is 27.2 Å². The van der Waals surface area contributed by atoms with Gasteiger partial charge in [-0.15, -0.1) is 10.2 Å². The molecule has 0 spiro atoms. The van der Waals surface area contributed by atoms with Crippen molar-refractivity contribution in [3.05, 3.63) is 71.1 Å². The van der Waals surface area contributed by atoms with Crippen LogP contribution in [-0.4, -0.2) is 21.6 Å². The summed E-state index contributed by atoms with van der Waals surface area (Å²) in [5, 5.41) is 8.00. The average Bonchev–Trinajstić information content (AvgIpc) is 3.09. The molecule has 2 heterocycles. The molecule has 0 aliphatic carbocycles. The second-order valence-electron chi connectivity index (χ2n) is 6.31. The molecule has 0 bridgehead atoms. The molecule has 134 valence electrons. The number of aromatic nitrogens is 2. The summed E-state index contributed by atoms with van der Waals surface area (Å²) in [6.45, 7) is 2.23. The standard InChI is InChI=1S/C19H16F3N3O/c20-19(21,22)16-7-5-14(6-8-16)18-24-23-17(26-18)12-25-10-9-13-3-1-2-4-15(13)11-25/h1-8H,9-12H2. The lowest BCUT2D eigenvalue weighted by Gasteiger charge is -2.27. The maximum atomic E-state index is 12.6. The first-order valence-electron chi connectivity index (χ1n) is 8.28. The van der Waals surface area contributed by atoms with E-state index in [9.17, 15) is 13.2 Å². The van der Waals surface area contributed by atoms with Gasteiger partial charge in [-0.1, -0.05) is 24.3 Å². The van der Waals surface area contributed by atoms with Crippen molar-refractivity contribution >= 4 is 0 Å². The molecule has 1 aromatic heterocycles. The molecule has 4 nitrogen and oxygen atoms in total. The fourth-order valence-corrected chi connectivity index (χ4v) is 3.12. The first-order chi connectivity index (χ1) is 12.5. The van der Waals surface area contributed by atoms with Crippen LogP contribution in [-0.2, 0) is 25.7 Å². The van der Waals surface area contributed by atoms with E-state index in [4.69, 9.17) is 4.42 Å². The van der Waals surface area contributed by atoms with Gasteiger partial charge < -0.3 is 4.42 Å². The third kappa shape index (κ3) is 3.48. The molecule has 0 saturated carbocycles. The van der Waals surface area contributed by atoms with Gasteiger partial charge in [-0.25, -0.2) is 0 Å². The van der Waals surface area contributed by atoms with Gasteiger partial charge in [-0.3, -0.25) is 4.90 Å². The summed E-state index contributed by atoms with van der Waals surface area (Å²) >= 11 is 0. The van der Waals surface area contributed by atoms with Gasteiger partial charge in [0, 0.05) is 18.7 Å². The SMILES string of the molecule is FC(F)(F)c1ccc(-c2nnc(CN3CCc4ccccc4C3)o2)cc1. The van der Waals surface area contributed by atoms with Gasteiger partial charge in [0.1, 0.15) is 0 Å². The van der Waals surface area contributed by atoms with Crippen LogP contribution >= 0.6 is 0 Å². The Morgan fingerprint density at radius 1 is 0.962 bits per heavy atom. The van der Waals surface area contributed by atoms with Gasteiger partial charge in [0.25, 0.3) is 0 Å². The molecule has 0 amide bonds. The van der Waals surface area contributed by atoms with E-state index >= 15 is 0 Å². The molecule has 0 unspecified atom stereocenters. The maximum Gasteiger partial charge on any atom is 0.416 e. The Hall–Kier alpha value is -2.67. The monoisotopic (exact) mass is 359 g/mol. The predicted molar refractivity (Wildman–Crippen MR) is 89.0 cm³/mol. The molecule has 26 heavy (non-hydrogen) atoms. The van der Waals surface area contributed by atoms with Gasteiger partial charge in [-0.2, -0.15) is 13.2 Å². The Labute approximate surface area is 148 Å². The minimum absolute atomic E-state index is 0.228. The quantitative estimate of drug-likeness (QED) is 0.699. The van der Waals surface area contributed by atoms with E-state index in [0.717, 1.165) is 31.6 Å². The van der Waals surface area contributed by atoms with Crippen molar-refractivity contribution in [2.75, 3.05) is 6.54 Å². The molecule has 0 radical (unpaired) electrons. The molecule has 0 fully saturated rings. The van der Waals surface area contributed by atoms with E-state index in [1.807, 2.05) is 12.1 Å². The van der Waals surface area contributed by atoms with Crippen LogP contribution in [0.25, 0.3) is 11.5 Å². The van der Waals surface area contributed by atoms with Gasteiger partial charge in [-0.05, 0) is 41.8 Å². The summed E-state index contributed by atoms with van der Waals surface area (Å²) in [5.74, 6) is 0.686. The van der Waals surface area contributed by atoms with Crippen molar-refractivity contribution in [1.82, 2.24) is 15.1 Å².